The lowest BCUT2D eigenvalue weighted by molar-refractivity contribution is -0.122. The summed E-state index contributed by atoms with van der Waals surface area (Å²) in [5.41, 5.74) is 2.76. The van der Waals surface area contributed by atoms with Crippen LogP contribution >= 0.6 is 0 Å². The van der Waals surface area contributed by atoms with Crippen LogP contribution in [0.5, 0.6) is 11.5 Å². The minimum Gasteiger partial charge on any atom is -0.493 e. The zero-order chi connectivity index (χ0) is 18.4. The largest absolute Gasteiger partial charge is 0.493 e. The minimum atomic E-state index is -0.586. The quantitative estimate of drug-likeness (QED) is 0.791. The molecular formula is C21H27NO3. The van der Waals surface area contributed by atoms with E-state index in [2.05, 4.69) is 19.2 Å². The molecule has 0 aliphatic heterocycles. The Balaban J connectivity index is 1.94. The molecule has 1 atom stereocenters. The molecule has 2 aromatic carbocycles. The molecule has 0 aromatic heterocycles. The predicted octanol–water partition coefficient (Wildman–Crippen LogP) is 4.74. The van der Waals surface area contributed by atoms with Crippen molar-refractivity contribution >= 4 is 11.6 Å². The predicted molar refractivity (Wildman–Crippen MR) is 101 cm³/mol. The van der Waals surface area contributed by atoms with E-state index in [1.54, 1.807) is 6.92 Å². The third-order valence-corrected chi connectivity index (χ3v) is 3.78. The highest BCUT2D eigenvalue weighted by molar-refractivity contribution is 5.94. The van der Waals surface area contributed by atoms with Gasteiger partial charge in [-0.05, 0) is 62.1 Å². The molecule has 1 amide bonds. The number of para-hydroxylation sites is 1. The van der Waals surface area contributed by atoms with E-state index in [1.807, 2.05) is 56.3 Å². The lowest BCUT2D eigenvalue weighted by atomic mass is 10.1. The fourth-order valence-corrected chi connectivity index (χ4v) is 2.36. The topological polar surface area (TPSA) is 47.6 Å². The fourth-order valence-electron chi connectivity index (χ4n) is 2.36. The molecule has 0 fully saturated rings. The molecule has 1 N–H and O–H groups in total. The van der Waals surface area contributed by atoms with Crippen molar-refractivity contribution in [3.8, 4) is 11.5 Å². The van der Waals surface area contributed by atoms with Crippen LogP contribution in [0.3, 0.4) is 0 Å². The van der Waals surface area contributed by atoms with Gasteiger partial charge in [-0.2, -0.15) is 0 Å². The van der Waals surface area contributed by atoms with E-state index in [-0.39, 0.29) is 5.91 Å². The average Bonchev–Trinajstić information content (AvgIpc) is 2.57. The van der Waals surface area contributed by atoms with Gasteiger partial charge in [0.2, 0.25) is 0 Å². The first-order valence-electron chi connectivity index (χ1n) is 8.63. The van der Waals surface area contributed by atoms with Crippen molar-refractivity contribution in [3.63, 3.8) is 0 Å². The van der Waals surface area contributed by atoms with Gasteiger partial charge in [0.25, 0.3) is 5.91 Å². The van der Waals surface area contributed by atoms with E-state index >= 15 is 0 Å². The van der Waals surface area contributed by atoms with Gasteiger partial charge < -0.3 is 14.8 Å². The van der Waals surface area contributed by atoms with Crippen LogP contribution in [0.15, 0.2) is 42.5 Å². The van der Waals surface area contributed by atoms with E-state index in [0.717, 1.165) is 28.3 Å². The molecule has 25 heavy (non-hydrogen) atoms. The summed E-state index contributed by atoms with van der Waals surface area (Å²) in [6.45, 7) is 10.6. The summed E-state index contributed by atoms with van der Waals surface area (Å²) >= 11 is 0. The zero-order valence-electron chi connectivity index (χ0n) is 15.6. The zero-order valence-corrected chi connectivity index (χ0v) is 15.6. The Morgan fingerprint density at radius 1 is 1.00 bits per heavy atom. The first-order valence-corrected chi connectivity index (χ1v) is 8.63. The number of ether oxygens (including phenoxy) is 2. The molecule has 0 aliphatic rings. The molecule has 134 valence electrons. The Morgan fingerprint density at radius 3 is 2.16 bits per heavy atom. The van der Waals surface area contributed by atoms with E-state index < -0.39 is 6.10 Å². The van der Waals surface area contributed by atoms with E-state index in [0.29, 0.717) is 12.5 Å². The number of benzene rings is 2. The minimum absolute atomic E-state index is 0.182. The Kier molecular flexibility index (Phi) is 6.45. The fraction of sp³-hybridized carbons (Fsp3) is 0.381. The molecule has 0 bridgehead atoms. The highest BCUT2D eigenvalue weighted by Gasteiger charge is 2.17. The second-order valence-corrected chi connectivity index (χ2v) is 6.70. The number of anilines is 1. The second kappa shape index (κ2) is 8.56. The summed E-state index contributed by atoms with van der Waals surface area (Å²) in [5, 5.41) is 2.87. The molecular weight excluding hydrogens is 314 g/mol. The summed E-state index contributed by atoms with van der Waals surface area (Å²) in [4.78, 5) is 12.4. The molecule has 0 heterocycles. The smallest absolute Gasteiger partial charge is 0.265 e. The molecule has 0 saturated carbocycles. The van der Waals surface area contributed by atoms with Crippen LogP contribution in [0.4, 0.5) is 5.69 Å². The Labute approximate surface area is 150 Å². The Bertz CT molecular complexity index is 687. The number of aryl methyl sites for hydroxylation is 2. The Hall–Kier alpha value is -2.49. The van der Waals surface area contributed by atoms with E-state index in [4.69, 9.17) is 9.47 Å². The van der Waals surface area contributed by atoms with Crippen molar-refractivity contribution in [1.82, 2.24) is 0 Å². The monoisotopic (exact) mass is 341 g/mol. The maximum Gasteiger partial charge on any atom is 0.265 e. The van der Waals surface area contributed by atoms with Gasteiger partial charge in [0, 0.05) is 5.69 Å². The van der Waals surface area contributed by atoms with Crippen LogP contribution in [-0.2, 0) is 4.79 Å². The third kappa shape index (κ3) is 5.52. The normalized spacial score (nSPS) is 11.9. The highest BCUT2D eigenvalue weighted by atomic mass is 16.5. The van der Waals surface area contributed by atoms with Crippen LogP contribution < -0.4 is 14.8 Å². The molecule has 0 radical (unpaired) electrons. The maximum absolute atomic E-state index is 12.4. The summed E-state index contributed by atoms with van der Waals surface area (Å²) < 4.78 is 11.5. The molecule has 0 saturated heterocycles. The number of carbonyl (C=O) groups excluding carboxylic acids is 1. The summed E-state index contributed by atoms with van der Waals surface area (Å²) in [6, 6.07) is 13.3. The second-order valence-electron chi connectivity index (χ2n) is 6.70. The van der Waals surface area contributed by atoms with E-state index in [1.165, 1.54) is 0 Å². The van der Waals surface area contributed by atoms with Gasteiger partial charge in [-0.25, -0.2) is 0 Å². The third-order valence-electron chi connectivity index (χ3n) is 3.78. The number of hydrogen-bond acceptors (Lipinski definition) is 3. The molecule has 4 heteroatoms. The van der Waals surface area contributed by atoms with Gasteiger partial charge in [0.15, 0.2) is 6.10 Å². The first-order chi connectivity index (χ1) is 11.9. The van der Waals surface area contributed by atoms with Gasteiger partial charge in [-0.3, -0.25) is 4.79 Å². The molecule has 2 aromatic rings. The van der Waals surface area contributed by atoms with Gasteiger partial charge in [-0.1, -0.05) is 32.0 Å². The molecule has 0 aliphatic carbocycles. The number of carbonyl (C=O) groups is 1. The lowest BCUT2D eigenvalue weighted by Gasteiger charge is -2.18. The van der Waals surface area contributed by atoms with Gasteiger partial charge in [0.05, 0.1) is 6.61 Å². The van der Waals surface area contributed by atoms with Crippen molar-refractivity contribution < 1.29 is 14.3 Å². The lowest BCUT2D eigenvalue weighted by Crippen LogP contribution is -2.30. The van der Waals surface area contributed by atoms with Crippen molar-refractivity contribution in [2.75, 3.05) is 11.9 Å². The molecule has 0 spiro atoms. The maximum atomic E-state index is 12.4. The summed E-state index contributed by atoms with van der Waals surface area (Å²) in [6.07, 6.45) is -0.586. The van der Waals surface area contributed by atoms with Gasteiger partial charge in [-0.15, -0.1) is 0 Å². The van der Waals surface area contributed by atoms with Crippen LogP contribution in [0.25, 0.3) is 0 Å². The summed E-state index contributed by atoms with van der Waals surface area (Å²) in [5.74, 6) is 1.86. The number of amides is 1. The van der Waals surface area contributed by atoms with Crippen molar-refractivity contribution in [2.45, 2.75) is 40.7 Å². The van der Waals surface area contributed by atoms with Crippen LogP contribution in [0.2, 0.25) is 0 Å². The first kappa shape index (κ1) is 18.8. The Morgan fingerprint density at radius 2 is 1.60 bits per heavy atom. The molecule has 1 unspecified atom stereocenters. The van der Waals surface area contributed by atoms with Crippen LogP contribution in [0.1, 0.15) is 31.9 Å². The average molecular weight is 341 g/mol. The van der Waals surface area contributed by atoms with Crippen LogP contribution in [-0.4, -0.2) is 18.6 Å². The molecule has 4 nitrogen and oxygen atoms in total. The van der Waals surface area contributed by atoms with Crippen LogP contribution in [0, 0.1) is 19.8 Å². The van der Waals surface area contributed by atoms with Gasteiger partial charge >= 0.3 is 0 Å². The van der Waals surface area contributed by atoms with Crippen molar-refractivity contribution in [1.29, 1.82) is 0 Å². The van der Waals surface area contributed by atoms with Crippen molar-refractivity contribution in [2.24, 2.45) is 5.92 Å². The van der Waals surface area contributed by atoms with Crippen molar-refractivity contribution in [3.05, 3.63) is 53.6 Å². The SMILES string of the molecule is Cc1cccc(C)c1OC(C)C(=O)Nc1ccc(OCC(C)C)cc1. The number of nitrogens with one attached hydrogen (secondary N) is 1. The number of hydrogen-bond donors (Lipinski definition) is 1. The number of rotatable bonds is 7. The standard InChI is InChI=1S/C21H27NO3/c1-14(2)13-24-19-11-9-18(10-12-19)22-21(23)17(5)25-20-15(3)7-6-8-16(20)4/h6-12,14,17H,13H2,1-5H3,(H,22,23). The van der Waals surface area contributed by atoms with Gasteiger partial charge in [0.1, 0.15) is 11.5 Å². The highest BCUT2D eigenvalue weighted by Crippen LogP contribution is 2.24. The summed E-state index contributed by atoms with van der Waals surface area (Å²) in [7, 11) is 0. The van der Waals surface area contributed by atoms with E-state index in [9.17, 15) is 4.79 Å². The molecule has 2 rings (SSSR count).